The molecule has 0 aliphatic carbocycles. The lowest BCUT2D eigenvalue weighted by Crippen LogP contribution is -2.27. The molecular weight excluding hydrogens is 390 g/mol. The number of thioether (sulfide) groups is 1. The maximum Gasteiger partial charge on any atom is 0.270 e. The topological polar surface area (TPSA) is 38.8 Å². The lowest BCUT2D eigenvalue weighted by molar-refractivity contribution is -0.113. The molecule has 0 aromatic heterocycles. The van der Waals surface area contributed by atoms with Crippen molar-refractivity contribution in [2.75, 3.05) is 19.1 Å². The normalized spacial score (nSPS) is 15.5. The fourth-order valence-corrected chi connectivity index (χ4v) is 4.37. The number of thiocarbonyl (C=S) groups is 1. The van der Waals surface area contributed by atoms with Gasteiger partial charge in [-0.15, -0.1) is 0 Å². The van der Waals surface area contributed by atoms with Crippen LogP contribution in [-0.2, 0) is 4.79 Å². The molecule has 4 rings (SSSR count). The molecule has 0 spiro atoms. The Labute approximate surface area is 172 Å². The summed E-state index contributed by atoms with van der Waals surface area (Å²) < 4.78 is 11.2. The van der Waals surface area contributed by atoms with Crippen molar-refractivity contribution in [1.82, 2.24) is 0 Å². The molecule has 0 atom stereocenters. The number of amides is 1. The van der Waals surface area contributed by atoms with E-state index in [-0.39, 0.29) is 5.91 Å². The highest BCUT2D eigenvalue weighted by Crippen LogP contribution is 2.38. The largest absolute Gasteiger partial charge is 0.497 e. The van der Waals surface area contributed by atoms with E-state index in [1.54, 1.807) is 31.3 Å². The van der Waals surface area contributed by atoms with Crippen LogP contribution in [-0.4, -0.2) is 24.4 Å². The van der Waals surface area contributed by atoms with Gasteiger partial charge in [0, 0.05) is 11.6 Å². The maximum atomic E-state index is 13.1. The standard InChI is InChI=1S/C22H17NO3S2/c1-25-18-10-8-16(19(13-18)26-2)12-20-21(24)23(22(27)28-20)17-9-7-14-5-3-4-6-15(14)11-17/h3-13H,1-2H3/b20-12-. The average Bonchev–Trinajstić information content (AvgIpc) is 3.00. The van der Waals surface area contributed by atoms with Crippen LogP contribution in [0.15, 0.2) is 65.6 Å². The monoisotopic (exact) mass is 407 g/mol. The predicted molar refractivity (Wildman–Crippen MR) is 119 cm³/mol. The second-order valence-corrected chi connectivity index (χ2v) is 7.83. The van der Waals surface area contributed by atoms with Gasteiger partial charge in [0.1, 0.15) is 11.5 Å². The van der Waals surface area contributed by atoms with Gasteiger partial charge in [0.25, 0.3) is 5.91 Å². The van der Waals surface area contributed by atoms with Gasteiger partial charge >= 0.3 is 0 Å². The Morgan fingerprint density at radius 1 is 0.964 bits per heavy atom. The number of hydrogen-bond acceptors (Lipinski definition) is 5. The number of anilines is 1. The van der Waals surface area contributed by atoms with E-state index >= 15 is 0 Å². The third-order valence-electron chi connectivity index (χ3n) is 4.51. The zero-order chi connectivity index (χ0) is 19.7. The molecule has 0 bridgehead atoms. The first-order valence-corrected chi connectivity index (χ1v) is 9.82. The molecular formula is C22H17NO3S2. The van der Waals surface area contributed by atoms with Crippen molar-refractivity contribution in [1.29, 1.82) is 0 Å². The molecule has 1 aliphatic heterocycles. The number of benzene rings is 3. The third kappa shape index (κ3) is 3.37. The second-order valence-electron chi connectivity index (χ2n) is 6.16. The predicted octanol–water partition coefficient (Wildman–Crippen LogP) is 5.26. The Balaban J connectivity index is 1.69. The van der Waals surface area contributed by atoms with Gasteiger partial charge in [-0.2, -0.15) is 0 Å². The van der Waals surface area contributed by atoms with Crippen molar-refractivity contribution in [2.24, 2.45) is 0 Å². The van der Waals surface area contributed by atoms with E-state index in [9.17, 15) is 4.79 Å². The Morgan fingerprint density at radius 2 is 1.75 bits per heavy atom. The van der Waals surface area contributed by atoms with Crippen molar-refractivity contribution in [2.45, 2.75) is 0 Å². The van der Waals surface area contributed by atoms with E-state index < -0.39 is 0 Å². The van der Waals surface area contributed by atoms with E-state index in [1.165, 1.54) is 11.8 Å². The first kappa shape index (κ1) is 18.5. The number of hydrogen-bond donors (Lipinski definition) is 0. The first-order valence-electron chi connectivity index (χ1n) is 8.59. The fourth-order valence-electron chi connectivity index (χ4n) is 3.09. The molecule has 1 heterocycles. The summed E-state index contributed by atoms with van der Waals surface area (Å²) >= 11 is 6.78. The van der Waals surface area contributed by atoms with E-state index in [1.807, 2.05) is 54.6 Å². The van der Waals surface area contributed by atoms with Gasteiger partial charge < -0.3 is 9.47 Å². The molecule has 4 nitrogen and oxygen atoms in total. The number of nitrogens with zero attached hydrogens (tertiary/aromatic N) is 1. The number of fused-ring (bicyclic) bond motifs is 1. The van der Waals surface area contributed by atoms with Gasteiger partial charge in [-0.1, -0.05) is 54.3 Å². The summed E-state index contributed by atoms with van der Waals surface area (Å²) in [5.74, 6) is 1.19. The van der Waals surface area contributed by atoms with Crippen LogP contribution < -0.4 is 14.4 Å². The Bertz CT molecular complexity index is 1120. The quantitative estimate of drug-likeness (QED) is 0.436. The number of methoxy groups -OCH3 is 2. The molecule has 0 radical (unpaired) electrons. The molecule has 0 N–H and O–H groups in total. The molecule has 140 valence electrons. The zero-order valence-electron chi connectivity index (χ0n) is 15.3. The molecule has 0 unspecified atom stereocenters. The number of rotatable bonds is 4. The molecule has 6 heteroatoms. The summed E-state index contributed by atoms with van der Waals surface area (Å²) in [5.41, 5.74) is 1.56. The zero-order valence-corrected chi connectivity index (χ0v) is 17.0. The third-order valence-corrected chi connectivity index (χ3v) is 5.81. The Kier molecular flexibility index (Phi) is 5.07. The summed E-state index contributed by atoms with van der Waals surface area (Å²) in [6.07, 6.45) is 1.80. The van der Waals surface area contributed by atoms with Gasteiger partial charge in [0.05, 0.1) is 24.8 Å². The van der Waals surface area contributed by atoms with E-state index in [0.717, 1.165) is 22.0 Å². The highest BCUT2D eigenvalue weighted by Gasteiger charge is 2.33. The Hall–Kier alpha value is -2.83. The number of carbonyl (C=O) groups excluding carboxylic acids is 1. The second kappa shape index (κ2) is 7.66. The SMILES string of the molecule is COc1ccc(/C=C2\SC(=S)N(c3ccc4ccccc4c3)C2=O)c(OC)c1. The summed E-state index contributed by atoms with van der Waals surface area (Å²) in [7, 11) is 3.19. The van der Waals surface area contributed by atoms with Crippen LogP contribution >= 0.6 is 24.0 Å². The maximum absolute atomic E-state index is 13.1. The van der Waals surface area contributed by atoms with Crippen LogP contribution in [0, 0.1) is 0 Å². The van der Waals surface area contributed by atoms with Gasteiger partial charge in [0.2, 0.25) is 0 Å². The minimum atomic E-state index is -0.136. The molecule has 1 fully saturated rings. The molecule has 3 aromatic rings. The van der Waals surface area contributed by atoms with Crippen LogP contribution in [0.3, 0.4) is 0 Å². The molecule has 1 saturated heterocycles. The lowest BCUT2D eigenvalue weighted by atomic mass is 10.1. The molecule has 1 aliphatic rings. The fraction of sp³-hybridized carbons (Fsp3) is 0.0909. The van der Waals surface area contributed by atoms with E-state index in [0.29, 0.717) is 20.7 Å². The first-order chi connectivity index (χ1) is 13.6. The highest BCUT2D eigenvalue weighted by molar-refractivity contribution is 8.27. The molecule has 0 saturated carbocycles. The van der Waals surface area contributed by atoms with Gasteiger partial charge in [-0.05, 0) is 41.1 Å². The minimum Gasteiger partial charge on any atom is -0.497 e. The summed E-state index contributed by atoms with van der Waals surface area (Å²) in [4.78, 5) is 15.2. The van der Waals surface area contributed by atoms with Crippen LogP contribution in [0.4, 0.5) is 5.69 Å². The van der Waals surface area contributed by atoms with Crippen molar-refractivity contribution in [3.05, 3.63) is 71.1 Å². The van der Waals surface area contributed by atoms with E-state index in [4.69, 9.17) is 21.7 Å². The van der Waals surface area contributed by atoms with Crippen LogP contribution in [0.2, 0.25) is 0 Å². The van der Waals surface area contributed by atoms with Crippen molar-refractivity contribution in [3.63, 3.8) is 0 Å². The summed E-state index contributed by atoms with van der Waals surface area (Å²) in [5, 5.41) is 2.19. The van der Waals surface area contributed by atoms with Gasteiger partial charge in [-0.3, -0.25) is 9.69 Å². The summed E-state index contributed by atoms with van der Waals surface area (Å²) in [6, 6.07) is 19.4. The van der Waals surface area contributed by atoms with Crippen molar-refractivity contribution in [3.8, 4) is 11.5 Å². The average molecular weight is 408 g/mol. The van der Waals surface area contributed by atoms with Crippen molar-refractivity contribution >= 4 is 56.7 Å². The molecule has 28 heavy (non-hydrogen) atoms. The van der Waals surface area contributed by atoms with Gasteiger partial charge in [-0.25, -0.2) is 0 Å². The van der Waals surface area contributed by atoms with Gasteiger partial charge in [0.15, 0.2) is 4.32 Å². The highest BCUT2D eigenvalue weighted by atomic mass is 32.2. The van der Waals surface area contributed by atoms with Crippen LogP contribution in [0.1, 0.15) is 5.56 Å². The van der Waals surface area contributed by atoms with E-state index in [2.05, 4.69) is 0 Å². The molecule has 1 amide bonds. The Morgan fingerprint density at radius 3 is 2.50 bits per heavy atom. The van der Waals surface area contributed by atoms with Crippen LogP contribution in [0.5, 0.6) is 11.5 Å². The van der Waals surface area contributed by atoms with Crippen molar-refractivity contribution < 1.29 is 14.3 Å². The smallest absolute Gasteiger partial charge is 0.270 e. The minimum absolute atomic E-state index is 0.136. The number of carbonyl (C=O) groups is 1. The molecule has 3 aromatic carbocycles. The van der Waals surface area contributed by atoms with Crippen LogP contribution in [0.25, 0.3) is 16.8 Å². The summed E-state index contributed by atoms with van der Waals surface area (Å²) in [6.45, 7) is 0. The lowest BCUT2D eigenvalue weighted by Gasteiger charge is -2.15. The number of ether oxygens (including phenoxy) is 2.